The van der Waals surface area contributed by atoms with Crippen LogP contribution in [0.3, 0.4) is 0 Å². The van der Waals surface area contributed by atoms with Crippen LogP contribution in [0.25, 0.3) is 0 Å². The molecule has 0 radical (unpaired) electrons. The molecule has 0 unspecified atom stereocenters. The predicted octanol–water partition coefficient (Wildman–Crippen LogP) is 3.35. The maximum Gasteiger partial charge on any atom is 0.161 e. The molecule has 1 fully saturated rings. The summed E-state index contributed by atoms with van der Waals surface area (Å²) < 4.78 is 11.3. The van der Waals surface area contributed by atoms with E-state index in [1.807, 2.05) is 30.3 Å². The molecule has 4 heteroatoms. The zero-order valence-electron chi connectivity index (χ0n) is 13.7. The molecule has 0 aliphatic carbocycles. The summed E-state index contributed by atoms with van der Waals surface area (Å²) in [5, 5.41) is 13.7. The number of nitrogens with two attached hydrogens (primary N) is 1. The van der Waals surface area contributed by atoms with Gasteiger partial charge in [-0.3, -0.25) is 0 Å². The van der Waals surface area contributed by atoms with Crippen LogP contribution in [-0.2, 0) is 0 Å². The summed E-state index contributed by atoms with van der Waals surface area (Å²) in [4.78, 5) is 0. The van der Waals surface area contributed by atoms with Gasteiger partial charge in [0.05, 0.1) is 18.1 Å². The highest BCUT2D eigenvalue weighted by Crippen LogP contribution is 2.43. The Hall–Kier alpha value is -1.78. The van der Waals surface area contributed by atoms with Gasteiger partial charge < -0.3 is 19.3 Å². The molecule has 3 N–H and O–H groups in total. The zero-order chi connectivity index (χ0) is 16.3. The highest BCUT2D eigenvalue weighted by Gasteiger charge is 2.51. The van der Waals surface area contributed by atoms with Gasteiger partial charge in [-0.25, -0.2) is 0 Å². The molecule has 3 heterocycles. The van der Waals surface area contributed by atoms with Crippen molar-refractivity contribution in [3.63, 3.8) is 0 Å². The van der Waals surface area contributed by atoms with Gasteiger partial charge in [-0.05, 0) is 37.1 Å². The molecule has 1 aliphatic heterocycles. The molecule has 0 amide bonds. The molecular weight excluding hydrogens is 290 g/mol. The third kappa shape index (κ3) is 3.14. The van der Waals surface area contributed by atoms with Crippen LogP contribution in [0.1, 0.15) is 56.2 Å². The van der Waals surface area contributed by atoms with E-state index in [0.29, 0.717) is 12.8 Å². The van der Waals surface area contributed by atoms with Gasteiger partial charge >= 0.3 is 0 Å². The minimum Gasteiger partial charge on any atom is -0.463 e. The standard InChI is InChI=1S/C19H25NO3/c1-3-7-14-18(17-9-6-12-23-17)20-15(16-8-5-11-22-16)13-19(14,21)10-4-2/h4-6,8-9,11-12,14-15,18,20-21H,2-3,7,10,13H2,1H3/p+1/t14-,15-,18+,19+/m1/s1. The van der Waals surface area contributed by atoms with Gasteiger partial charge in [-0.1, -0.05) is 19.4 Å². The molecule has 0 spiro atoms. The predicted molar refractivity (Wildman–Crippen MR) is 87.6 cm³/mol. The van der Waals surface area contributed by atoms with Crippen LogP contribution in [0.4, 0.5) is 0 Å². The summed E-state index contributed by atoms with van der Waals surface area (Å²) in [6, 6.07) is 7.96. The van der Waals surface area contributed by atoms with Crippen molar-refractivity contribution in [1.82, 2.24) is 0 Å². The number of hydrogen-bond acceptors (Lipinski definition) is 3. The molecule has 3 rings (SSSR count). The molecule has 0 saturated carbocycles. The molecule has 2 aromatic heterocycles. The van der Waals surface area contributed by atoms with Crippen molar-refractivity contribution in [2.45, 2.75) is 50.3 Å². The molecule has 0 aromatic carbocycles. The average molecular weight is 316 g/mol. The quantitative estimate of drug-likeness (QED) is 0.803. The largest absolute Gasteiger partial charge is 0.463 e. The SMILES string of the molecule is C=CC[C@]1(O)C[C@H](c2ccco2)[NH2+][C@H](c2ccco2)[C@H]1CCC. The number of furan rings is 2. The first-order chi connectivity index (χ1) is 11.2. The molecule has 2 aromatic rings. The van der Waals surface area contributed by atoms with Crippen molar-refractivity contribution in [1.29, 1.82) is 0 Å². The fraction of sp³-hybridized carbons (Fsp3) is 0.474. The van der Waals surface area contributed by atoms with Gasteiger partial charge in [0, 0.05) is 12.3 Å². The second kappa shape index (κ2) is 6.77. The van der Waals surface area contributed by atoms with E-state index >= 15 is 0 Å². The fourth-order valence-electron chi connectivity index (χ4n) is 4.03. The van der Waals surface area contributed by atoms with Crippen LogP contribution in [-0.4, -0.2) is 10.7 Å². The number of piperidine rings is 1. The first kappa shape index (κ1) is 16.1. The van der Waals surface area contributed by atoms with Gasteiger partial charge in [-0.15, -0.1) is 6.58 Å². The fourth-order valence-corrected chi connectivity index (χ4v) is 4.03. The second-order valence-corrected chi connectivity index (χ2v) is 6.55. The summed E-state index contributed by atoms with van der Waals surface area (Å²) in [6.45, 7) is 6.01. The van der Waals surface area contributed by atoms with E-state index in [1.165, 1.54) is 0 Å². The van der Waals surface area contributed by atoms with Gasteiger partial charge in [0.25, 0.3) is 0 Å². The Bertz CT molecular complexity index is 605. The number of rotatable bonds is 6. The summed E-state index contributed by atoms with van der Waals surface area (Å²) >= 11 is 0. The number of aliphatic hydroxyl groups is 1. The molecular formula is C19H26NO3+. The van der Waals surface area contributed by atoms with Gasteiger partial charge in [0.2, 0.25) is 0 Å². The highest BCUT2D eigenvalue weighted by molar-refractivity contribution is 5.12. The maximum atomic E-state index is 11.4. The lowest BCUT2D eigenvalue weighted by Gasteiger charge is -2.44. The van der Waals surface area contributed by atoms with Crippen LogP contribution in [0.15, 0.2) is 58.3 Å². The van der Waals surface area contributed by atoms with Crippen LogP contribution < -0.4 is 5.32 Å². The Kier molecular flexibility index (Phi) is 4.74. The number of quaternary nitrogens is 1. The first-order valence-corrected chi connectivity index (χ1v) is 8.43. The van der Waals surface area contributed by atoms with Gasteiger partial charge in [-0.2, -0.15) is 0 Å². The van der Waals surface area contributed by atoms with Crippen LogP contribution in [0.5, 0.6) is 0 Å². The third-order valence-electron chi connectivity index (χ3n) is 5.01. The minimum absolute atomic E-state index is 0.0816. The van der Waals surface area contributed by atoms with Crippen LogP contribution in [0.2, 0.25) is 0 Å². The third-order valence-corrected chi connectivity index (χ3v) is 5.01. The normalized spacial score (nSPS) is 31.1. The Morgan fingerprint density at radius 3 is 2.57 bits per heavy atom. The Morgan fingerprint density at radius 1 is 1.30 bits per heavy atom. The second-order valence-electron chi connectivity index (χ2n) is 6.55. The van der Waals surface area contributed by atoms with Gasteiger partial charge in [0.15, 0.2) is 17.6 Å². The lowest BCUT2D eigenvalue weighted by atomic mass is 9.69. The van der Waals surface area contributed by atoms with Crippen molar-refractivity contribution in [2.24, 2.45) is 5.92 Å². The molecule has 4 atom stereocenters. The van der Waals surface area contributed by atoms with Crippen molar-refractivity contribution in [2.75, 3.05) is 0 Å². The molecule has 1 saturated heterocycles. The van der Waals surface area contributed by atoms with E-state index in [0.717, 1.165) is 24.4 Å². The van der Waals surface area contributed by atoms with Crippen LogP contribution >= 0.6 is 0 Å². The Labute approximate surface area is 137 Å². The van der Waals surface area contributed by atoms with E-state index in [9.17, 15) is 5.11 Å². The summed E-state index contributed by atoms with van der Waals surface area (Å²) in [7, 11) is 0. The van der Waals surface area contributed by atoms with Crippen molar-refractivity contribution >= 4 is 0 Å². The average Bonchev–Trinajstić information content (AvgIpc) is 3.22. The lowest BCUT2D eigenvalue weighted by Crippen LogP contribution is -2.91. The lowest BCUT2D eigenvalue weighted by molar-refractivity contribution is -0.760. The van der Waals surface area contributed by atoms with Crippen molar-refractivity contribution in [3.05, 3.63) is 61.0 Å². The molecule has 0 bridgehead atoms. The topological polar surface area (TPSA) is 63.1 Å². The van der Waals surface area contributed by atoms with Crippen LogP contribution in [0, 0.1) is 5.92 Å². The molecule has 1 aliphatic rings. The molecule has 23 heavy (non-hydrogen) atoms. The Morgan fingerprint density at radius 2 is 2.00 bits per heavy atom. The summed E-state index contributed by atoms with van der Waals surface area (Å²) in [5.74, 6) is 1.95. The molecule has 4 nitrogen and oxygen atoms in total. The summed E-state index contributed by atoms with van der Waals surface area (Å²) in [5.41, 5.74) is -0.790. The van der Waals surface area contributed by atoms with E-state index in [2.05, 4.69) is 18.8 Å². The van der Waals surface area contributed by atoms with E-state index < -0.39 is 5.60 Å². The van der Waals surface area contributed by atoms with E-state index in [1.54, 1.807) is 12.5 Å². The highest BCUT2D eigenvalue weighted by atomic mass is 16.3. The maximum absolute atomic E-state index is 11.4. The summed E-state index contributed by atoms with van der Waals surface area (Å²) in [6.07, 6.45) is 8.45. The molecule has 124 valence electrons. The van der Waals surface area contributed by atoms with Crippen molar-refractivity contribution < 1.29 is 19.3 Å². The van der Waals surface area contributed by atoms with E-state index in [4.69, 9.17) is 8.83 Å². The zero-order valence-corrected chi connectivity index (χ0v) is 13.7. The minimum atomic E-state index is -0.790. The number of hydrogen-bond donors (Lipinski definition) is 2. The monoisotopic (exact) mass is 316 g/mol. The van der Waals surface area contributed by atoms with Crippen molar-refractivity contribution in [3.8, 4) is 0 Å². The van der Waals surface area contributed by atoms with Gasteiger partial charge in [0.1, 0.15) is 6.04 Å². The van der Waals surface area contributed by atoms with E-state index in [-0.39, 0.29) is 18.0 Å². The smallest absolute Gasteiger partial charge is 0.161 e. The first-order valence-electron chi connectivity index (χ1n) is 8.43. The Balaban J connectivity index is 1.97.